The van der Waals surface area contributed by atoms with E-state index in [-0.39, 0.29) is 24.3 Å². The highest BCUT2D eigenvalue weighted by atomic mass is 16.5. The van der Waals surface area contributed by atoms with Crippen LogP contribution in [0.25, 0.3) is 0 Å². The van der Waals surface area contributed by atoms with Crippen molar-refractivity contribution >= 4 is 23.5 Å². The van der Waals surface area contributed by atoms with Gasteiger partial charge in [0.15, 0.2) is 6.10 Å². The van der Waals surface area contributed by atoms with Gasteiger partial charge in [0.2, 0.25) is 5.91 Å². The van der Waals surface area contributed by atoms with E-state index in [0.29, 0.717) is 23.4 Å². The number of likely N-dealkylation sites (tertiary alicyclic amines) is 1. The number of aliphatic hydroxyl groups excluding tert-OH is 1. The van der Waals surface area contributed by atoms with Gasteiger partial charge in [-0.15, -0.1) is 0 Å². The first-order valence-corrected chi connectivity index (χ1v) is 12.9. The standard InChI is InChI=1S/C27H36N2O5/c1-3-17-4-6-21(7-5-17)28-24(31)16(2)34-25(32)23-11-22(30)15-29(23)26(33)27-12-18-8-19(13-27)10-20(9-18)14-27/h4-7,16,18-20,22-23,30H,3,8-15H2,1-2H3,(H,28,31). The average molecular weight is 469 g/mol. The van der Waals surface area contributed by atoms with Crippen molar-refractivity contribution in [2.24, 2.45) is 23.2 Å². The third-order valence-electron chi connectivity index (χ3n) is 8.60. The van der Waals surface area contributed by atoms with Crippen molar-refractivity contribution in [1.82, 2.24) is 4.90 Å². The summed E-state index contributed by atoms with van der Waals surface area (Å²) >= 11 is 0. The lowest BCUT2D eigenvalue weighted by molar-refractivity contribution is -0.168. The second kappa shape index (κ2) is 8.99. The van der Waals surface area contributed by atoms with Crippen molar-refractivity contribution in [1.29, 1.82) is 0 Å². The van der Waals surface area contributed by atoms with Crippen molar-refractivity contribution in [3.63, 3.8) is 0 Å². The zero-order valence-electron chi connectivity index (χ0n) is 20.2. The number of rotatable bonds is 6. The topological polar surface area (TPSA) is 95.9 Å². The smallest absolute Gasteiger partial charge is 0.329 e. The first-order valence-electron chi connectivity index (χ1n) is 12.9. The highest BCUT2D eigenvalue weighted by Crippen LogP contribution is 2.60. The Morgan fingerprint density at radius 1 is 1.06 bits per heavy atom. The Hall–Kier alpha value is -2.41. The summed E-state index contributed by atoms with van der Waals surface area (Å²) in [4.78, 5) is 41.0. The number of carbonyl (C=O) groups excluding carboxylic acids is 3. The maximum atomic E-state index is 13.8. The van der Waals surface area contributed by atoms with Crippen molar-refractivity contribution in [2.45, 2.75) is 83.5 Å². The van der Waals surface area contributed by atoms with Crippen LogP contribution in [-0.4, -0.2) is 52.6 Å². The van der Waals surface area contributed by atoms with Crippen LogP contribution in [0.15, 0.2) is 24.3 Å². The van der Waals surface area contributed by atoms with Gasteiger partial charge in [-0.3, -0.25) is 9.59 Å². The number of esters is 1. The van der Waals surface area contributed by atoms with Crippen LogP contribution in [0.3, 0.4) is 0 Å². The fourth-order valence-electron chi connectivity index (χ4n) is 7.31. The lowest BCUT2D eigenvalue weighted by Crippen LogP contribution is -2.56. The molecule has 0 spiro atoms. The Balaban J connectivity index is 1.23. The number of amides is 2. The van der Waals surface area contributed by atoms with Gasteiger partial charge < -0.3 is 20.1 Å². The van der Waals surface area contributed by atoms with Crippen LogP contribution in [0.4, 0.5) is 5.69 Å². The summed E-state index contributed by atoms with van der Waals surface area (Å²) in [5, 5.41) is 13.1. The molecule has 2 N–H and O–H groups in total. The minimum atomic E-state index is -1.01. The maximum Gasteiger partial charge on any atom is 0.329 e. The summed E-state index contributed by atoms with van der Waals surface area (Å²) in [7, 11) is 0. The van der Waals surface area contributed by atoms with Crippen LogP contribution in [0, 0.1) is 23.2 Å². The zero-order valence-corrected chi connectivity index (χ0v) is 20.2. The fraction of sp³-hybridized carbons (Fsp3) is 0.667. The molecule has 5 aliphatic rings. The van der Waals surface area contributed by atoms with Gasteiger partial charge in [-0.05, 0) is 87.3 Å². The number of anilines is 1. The number of β-amino-alcohol motifs (C(OH)–C–C–N with tert-alkyl or cyclic N) is 1. The molecule has 2 amide bonds. The van der Waals surface area contributed by atoms with E-state index in [2.05, 4.69) is 12.2 Å². The molecule has 4 bridgehead atoms. The van der Waals surface area contributed by atoms with Gasteiger partial charge in [0.25, 0.3) is 5.91 Å². The number of nitrogens with zero attached hydrogens (tertiary/aromatic N) is 1. The van der Waals surface area contributed by atoms with Gasteiger partial charge in [0, 0.05) is 18.7 Å². The lowest BCUT2D eigenvalue weighted by atomic mass is 9.49. The molecule has 3 atom stereocenters. The predicted octanol–water partition coefficient (Wildman–Crippen LogP) is 3.30. The van der Waals surface area contributed by atoms with Crippen molar-refractivity contribution in [3.8, 4) is 0 Å². The van der Waals surface area contributed by atoms with Gasteiger partial charge >= 0.3 is 5.97 Å². The van der Waals surface area contributed by atoms with Gasteiger partial charge in [-0.25, -0.2) is 4.79 Å². The molecule has 6 rings (SSSR count). The number of nitrogens with one attached hydrogen (secondary N) is 1. The molecule has 1 aromatic carbocycles. The minimum absolute atomic E-state index is 0.0122. The number of carbonyl (C=O) groups is 3. The molecule has 1 heterocycles. The van der Waals surface area contributed by atoms with Crippen molar-refractivity contribution in [2.75, 3.05) is 11.9 Å². The largest absolute Gasteiger partial charge is 0.451 e. The summed E-state index contributed by atoms with van der Waals surface area (Å²) in [6, 6.07) is 6.70. The Labute approximate surface area is 201 Å². The fourth-order valence-corrected chi connectivity index (χ4v) is 7.31. The molecule has 4 saturated carbocycles. The van der Waals surface area contributed by atoms with Crippen LogP contribution in [-0.2, 0) is 25.5 Å². The molecule has 7 nitrogen and oxygen atoms in total. The lowest BCUT2D eigenvalue weighted by Gasteiger charge is -2.56. The molecule has 1 aromatic rings. The van der Waals surface area contributed by atoms with Crippen molar-refractivity contribution < 1.29 is 24.2 Å². The van der Waals surface area contributed by atoms with E-state index in [0.717, 1.165) is 25.7 Å². The van der Waals surface area contributed by atoms with Crippen LogP contribution in [0.5, 0.6) is 0 Å². The molecule has 1 saturated heterocycles. The van der Waals surface area contributed by atoms with Crippen LogP contribution in [0.2, 0.25) is 0 Å². The summed E-state index contributed by atoms with van der Waals surface area (Å²) in [6.45, 7) is 3.75. The molecule has 3 unspecified atom stereocenters. The normalized spacial score (nSPS) is 34.7. The summed E-state index contributed by atoms with van der Waals surface area (Å²) in [5.74, 6) is 0.821. The third-order valence-corrected chi connectivity index (χ3v) is 8.60. The summed E-state index contributed by atoms with van der Waals surface area (Å²) in [5.41, 5.74) is 1.42. The second-order valence-electron chi connectivity index (χ2n) is 11.2. The highest BCUT2D eigenvalue weighted by Gasteiger charge is 2.57. The molecule has 4 aliphatic carbocycles. The Morgan fingerprint density at radius 2 is 1.65 bits per heavy atom. The van der Waals surface area contributed by atoms with Gasteiger partial charge in [0.1, 0.15) is 6.04 Å². The Bertz CT molecular complexity index is 923. The molecule has 184 valence electrons. The Kier molecular flexibility index (Phi) is 6.17. The molecular weight excluding hydrogens is 432 g/mol. The minimum Gasteiger partial charge on any atom is -0.451 e. The number of aryl methyl sites for hydroxylation is 1. The SMILES string of the molecule is CCc1ccc(NC(=O)C(C)OC(=O)C2CC(O)CN2C(=O)C23CC4CC(CC(C4)C2)C3)cc1. The summed E-state index contributed by atoms with van der Waals surface area (Å²) in [6.07, 6.45) is 5.71. The molecular formula is C27H36N2O5. The molecule has 34 heavy (non-hydrogen) atoms. The molecule has 7 heteroatoms. The number of ether oxygens (including phenoxy) is 1. The molecule has 5 fully saturated rings. The number of benzene rings is 1. The van der Waals surface area contributed by atoms with E-state index >= 15 is 0 Å². The van der Waals surface area contributed by atoms with E-state index in [1.165, 1.54) is 31.7 Å². The van der Waals surface area contributed by atoms with Gasteiger partial charge in [0.05, 0.1) is 11.5 Å². The number of hydrogen-bond donors (Lipinski definition) is 2. The van der Waals surface area contributed by atoms with Crippen LogP contribution < -0.4 is 5.32 Å². The van der Waals surface area contributed by atoms with E-state index in [9.17, 15) is 19.5 Å². The number of hydrogen-bond acceptors (Lipinski definition) is 5. The maximum absolute atomic E-state index is 13.8. The first-order chi connectivity index (χ1) is 16.3. The molecule has 0 aromatic heterocycles. The second-order valence-corrected chi connectivity index (χ2v) is 11.2. The van der Waals surface area contributed by atoms with E-state index in [1.807, 2.05) is 24.3 Å². The monoisotopic (exact) mass is 468 g/mol. The molecule has 1 aliphatic heterocycles. The molecule has 0 radical (unpaired) electrons. The Morgan fingerprint density at radius 3 is 2.21 bits per heavy atom. The quantitative estimate of drug-likeness (QED) is 0.625. The third kappa shape index (κ3) is 4.35. The van der Waals surface area contributed by atoms with E-state index in [1.54, 1.807) is 4.90 Å². The average Bonchev–Trinajstić information content (AvgIpc) is 3.19. The van der Waals surface area contributed by atoms with Crippen molar-refractivity contribution in [3.05, 3.63) is 29.8 Å². The number of aliphatic hydroxyl groups is 1. The van der Waals surface area contributed by atoms with E-state index in [4.69, 9.17) is 4.74 Å². The van der Waals surface area contributed by atoms with Crippen LogP contribution in [0.1, 0.15) is 64.4 Å². The highest BCUT2D eigenvalue weighted by molar-refractivity contribution is 5.96. The van der Waals surface area contributed by atoms with Crippen LogP contribution >= 0.6 is 0 Å². The van der Waals surface area contributed by atoms with Gasteiger partial charge in [-0.1, -0.05) is 19.1 Å². The summed E-state index contributed by atoms with van der Waals surface area (Å²) < 4.78 is 5.50. The van der Waals surface area contributed by atoms with Gasteiger partial charge in [-0.2, -0.15) is 0 Å². The zero-order chi connectivity index (χ0) is 24.0. The van der Waals surface area contributed by atoms with E-state index < -0.39 is 30.1 Å². The first kappa shape index (κ1) is 23.3. The predicted molar refractivity (Wildman–Crippen MR) is 127 cm³/mol.